The zero-order valence-corrected chi connectivity index (χ0v) is 18.8. The number of halogens is 2. The molecule has 1 atom stereocenters. The third-order valence-corrected chi connectivity index (χ3v) is 6.20. The third kappa shape index (κ3) is 3.64. The van der Waals surface area contributed by atoms with Gasteiger partial charge in [0.2, 0.25) is 0 Å². The summed E-state index contributed by atoms with van der Waals surface area (Å²) < 4.78 is 5.23. The van der Waals surface area contributed by atoms with E-state index in [4.69, 9.17) is 27.9 Å². The van der Waals surface area contributed by atoms with E-state index in [0.29, 0.717) is 38.2 Å². The summed E-state index contributed by atoms with van der Waals surface area (Å²) in [5.41, 5.74) is 2.12. The van der Waals surface area contributed by atoms with E-state index >= 15 is 0 Å². The first-order valence-corrected chi connectivity index (χ1v) is 10.6. The number of benzene rings is 3. The molecule has 0 bridgehead atoms. The summed E-state index contributed by atoms with van der Waals surface area (Å²) in [7, 11) is 1.45. The van der Waals surface area contributed by atoms with Crippen LogP contribution in [0.4, 0.5) is 5.69 Å². The Morgan fingerprint density at radius 1 is 0.969 bits per heavy atom. The van der Waals surface area contributed by atoms with Gasteiger partial charge < -0.3 is 9.84 Å². The van der Waals surface area contributed by atoms with Crippen molar-refractivity contribution in [3.63, 3.8) is 0 Å². The second-order valence-electron chi connectivity index (χ2n) is 7.31. The minimum atomic E-state index is -0.838. The summed E-state index contributed by atoms with van der Waals surface area (Å²) in [6, 6.07) is 18.1. The Morgan fingerprint density at radius 3 is 2.38 bits per heavy atom. The standard InChI is InChI=1S/C25H19Cl2NO4/c1-14-17(26)9-6-10-19(14)28-22(15-7-4-3-5-8-15)21(24(30)25(28)31)23(29)16-11-12-18(27)20(13-16)32-2/h3-13,22,29H,1-2H3/b23-21+. The van der Waals surface area contributed by atoms with Crippen LogP contribution in [0.1, 0.15) is 22.7 Å². The minimum absolute atomic E-state index is 0.0232. The summed E-state index contributed by atoms with van der Waals surface area (Å²) in [5.74, 6) is -1.50. The van der Waals surface area contributed by atoms with Crippen LogP contribution >= 0.6 is 23.2 Å². The van der Waals surface area contributed by atoms with Gasteiger partial charge in [-0.3, -0.25) is 14.5 Å². The number of Topliss-reactive ketones (excluding diaryl/α,β-unsaturated/α-hetero) is 1. The van der Waals surface area contributed by atoms with Crippen LogP contribution in [0.5, 0.6) is 5.75 Å². The van der Waals surface area contributed by atoms with Crippen LogP contribution in [0, 0.1) is 6.92 Å². The molecule has 5 nitrogen and oxygen atoms in total. The van der Waals surface area contributed by atoms with Gasteiger partial charge in [-0.1, -0.05) is 59.6 Å². The molecule has 3 aromatic carbocycles. The molecule has 1 saturated heterocycles. The Morgan fingerprint density at radius 2 is 1.69 bits per heavy atom. The first-order valence-electron chi connectivity index (χ1n) is 9.80. The molecule has 3 aromatic rings. The van der Waals surface area contributed by atoms with Gasteiger partial charge in [-0.2, -0.15) is 0 Å². The van der Waals surface area contributed by atoms with Gasteiger partial charge in [0.05, 0.1) is 23.7 Å². The van der Waals surface area contributed by atoms with Gasteiger partial charge >= 0.3 is 0 Å². The lowest BCUT2D eigenvalue weighted by Gasteiger charge is -2.27. The number of nitrogens with zero attached hydrogens (tertiary/aromatic N) is 1. The van der Waals surface area contributed by atoms with Gasteiger partial charge in [-0.25, -0.2) is 0 Å². The molecule has 1 aliphatic rings. The maximum atomic E-state index is 13.2. The quantitative estimate of drug-likeness (QED) is 0.293. The van der Waals surface area contributed by atoms with Crippen molar-refractivity contribution in [2.75, 3.05) is 12.0 Å². The topological polar surface area (TPSA) is 66.8 Å². The van der Waals surface area contributed by atoms with Crippen molar-refractivity contribution >= 4 is 46.3 Å². The zero-order valence-electron chi connectivity index (χ0n) is 17.3. The second-order valence-corrected chi connectivity index (χ2v) is 8.13. The predicted octanol–water partition coefficient (Wildman–Crippen LogP) is 5.94. The van der Waals surface area contributed by atoms with Crippen molar-refractivity contribution < 1.29 is 19.4 Å². The van der Waals surface area contributed by atoms with Crippen molar-refractivity contribution in [1.29, 1.82) is 0 Å². The third-order valence-electron chi connectivity index (χ3n) is 5.48. The fraction of sp³-hybridized carbons (Fsp3) is 0.120. The smallest absolute Gasteiger partial charge is 0.300 e. The summed E-state index contributed by atoms with van der Waals surface area (Å²) in [4.78, 5) is 27.8. The van der Waals surface area contributed by atoms with Gasteiger partial charge in [0.25, 0.3) is 11.7 Å². The summed E-state index contributed by atoms with van der Waals surface area (Å²) in [6.07, 6.45) is 0. The second kappa shape index (κ2) is 8.69. The highest BCUT2D eigenvalue weighted by atomic mass is 35.5. The SMILES string of the molecule is COc1cc(/C(O)=C2\C(=O)C(=O)N(c3cccc(Cl)c3C)C2c2ccccc2)ccc1Cl. The molecule has 0 spiro atoms. The molecule has 1 heterocycles. The van der Waals surface area contributed by atoms with Crippen molar-refractivity contribution in [3.05, 3.63) is 99.0 Å². The van der Waals surface area contributed by atoms with Crippen LogP contribution < -0.4 is 9.64 Å². The van der Waals surface area contributed by atoms with E-state index in [1.807, 2.05) is 18.2 Å². The molecule has 1 unspecified atom stereocenters. The maximum Gasteiger partial charge on any atom is 0.300 e. The number of ether oxygens (including phenoxy) is 1. The number of ketones is 1. The Balaban J connectivity index is 1.97. The maximum absolute atomic E-state index is 13.2. The molecule has 1 N–H and O–H groups in total. The van der Waals surface area contributed by atoms with Crippen LogP contribution in [0.25, 0.3) is 5.76 Å². The number of rotatable bonds is 4. The lowest BCUT2D eigenvalue weighted by molar-refractivity contribution is -0.132. The van der Waals surface area contributed by atoms with E-state index in [2.05, 4.69) is 0 Å². The number of methoxy groups -OCH3 is 1. The molecule has 0 aliphatic carbocycles. The van der Waals surface area contributed by atoms with Crippen molar-refractivity contribution in [2.45, 2.75) is 13.0 Å². The first kappa shape index (κ1) is 21.9. The van der Waals surface area contributed by atoms with E-state index in [-0.39, 0.29) is 11.3 Å². The molecule has 162 valence electrons. The van der Waals surface area contributed by atoms with Crippen LogP contribution in [-0.2, 0) is 9.59 Å². The largest absolute Gasteiger partial charge is 0.507 e. The Bertz CT molecular complexity index is 1250. The van der Waals surface area contributed by atoms with Crippen molar-refractivity contribution in [3.8, 4) is 5.75 Å². The number of amides is 1. The molecular weight excluding hydrogens is 449 g/mol. The molecule has 0 aromatic heterocycles. The molecule has 1 aliphatic heterocycles. The average molecular weight is 468 g/mol. The Kier molecular flexibility index (Phi) is 5.96. The van der Waals surface area contributed by atoms with Gasteiger partial charge in [0.1, 0.15) is 11.5 Å². The lowest BCUT2D eigenvalue weighted by atomic mass is 9.95. The highest BCUT2D eigenvalue weighted by Gasteiger charge is 2.47. The Hall–Kier alpha value is -3.28. The lowest BCUT2D eigenvalue weighted by Crippen LogP contribution is -2.30. The minimum Gasteiger partial charge on any atom is -0.507 e. The van der Waals surface area contributed by atoms with Gasteiger partial charge in [-0.05, 0) is 48.4 Å². The van der Waals surface area contributed by atoms with Crippen molar-refractivity contribution in [2.24, 2.45) is 0 Å². The van der Waals surface area contributed by atoms with Gasteiger partial charge in [0, 0.05) is 16.3 Å². The highest BCUT2D eigenvalue weighted by molar-refractivity contribution is 6.52. The zero-order chi connectivity index (χ0) is 23.0. The fourth-order valence-corrected chi connectivity index (χ4v) is 4.22. The van der Waals surface area contributed by atoms with Crippen LogP contribution in [0.2, 0.25) is 10.0 Å². The molecule has 4 rings (SSSR count). The van der Waals surface area contributed by atoms with E-state index in [0.717, 1.165) is 0 Å². The number of aliphatic hydroxyl groups excluding tert-OH is 1. The normalized spacial score (nSPS) is 17.6. The first-order chi connectivity index (χ1) is 15.3. The number of carbonyl (C=O) groups excluding carboxylic acids is 2. The van der Waals surface area contributed by atoms with Crippen molar-refractivity contribution in [1.82, 2.24) is 0 Å². The predicted molar refractivity (Wildman–Crippen MR) is 125 cm³/mol. The molecule has 0 saturated carbocycles. The van der Waals surface area contributed by atoms with Crippen LogP contribution in [-0.4, -0.2) is 23.9 Å². The molecule has 7 heteroatoms. The van der Waals surface area contributed by atoms with E-state index in [1.54, 1.807) is 49.4 Å². The Labute approximate surface area is 195 Å². The van der Waals surface area contributed by atoms with E-state index in [1.165, 1.54) is 18.1 Å². The number of hydrogen-bond donors (Lipinski definition) is 1. The van der Waals surface area contributed by atoms with Gasteiger partial charge in [0.15, 0.2) is 0 Å². The number of anilines is 1. The van der Waals surface area contributed by atoms with Crippen LogP contribution in [0.15, 0.2) is 72.3 Å². The molecule has 1 amide bonds. The number of hydrogen-bond acceptors (Lipinski definition) is 4. The highest BCUT2D eigenvalue weighted by Crippen LogP contribution is 2.44. The van der Waals surface area contributed by atoms with Gasteiger partial charge in [-0.15, -0.1) is 0 Å². The monoisotopic (exact) mass is 467 g/mol. The number of aliphatic hydroxyl groups is 1. The number of carbonyl (C=O) groups is 2. The average Bonchev–Trinajstić information content (AvgIpc) is 3.06. The summed E-state index contributed by atoms with van der Waals surface area (Å²) in [5, 5.41) is 12.0. The fourth-order valence-electron chi connectivity index (χ4n) is 3.85. The summed E-state index contributed by atoms with van der Waals surface area (Å²) >= 11 is 12.4. The summed E-state index contributed by atoms with van der Waals surface area (Å²) in [6.45, 7) is 1.78. The molecular formula is C25H19Cl2NO4. The van der Waals surface area contributed by atoms with E-state index < -0.39 is 17.7 Å². The molecule has 1 fully saturated rings. The van der Waals surface area contributed by atoms with Crippen LogP contribution in [0.3, 0.4) is 0 Å². The molecule has 32 heavy (non-hydrogen) atoms. The van der Waals surface area contributed by atoms with E-state index in [9.17, 15) is 14.7 Å². The molecule has 0 radical (unpaired) electrons.